The Labute approximate surface area is 175 Å². The van der Waals surface area contributed by atoms with Gasteiger partial charge in [0.05, 0.1) is 10.6 Å². The average Bonchev–Trinajstić information content (AvgIpc) is 2.94. The first-order valence-corrected chi connectivity index (χ1v) is 13.0. The summed E-state index contributed by atoms with van der Waals surface area (Å²) in [5, 5.41) is 0. The summed E-state index contributed by atoms with van der Waals surface area (Å²) in [6.07, 6.45) is 9.30. The number of benzene rings is 1. The van der Waals surface area contributed by atoms with E-state index in [1.165, 1.54) is 45.2 Å². The summed E-state index contributed by atoms with van der Waals surface area (Å²) in [6, 6.07) is 9.02. The van der Waals surface area contributed by atoms with E-state index < -0.39 is 9.84 Å². The van der Waals surface area contributed by atoms with Crippen LogP contribution in [0.4, 0.5) is 0 Å². The molecule has 0 bridgehead atoms. The number of hydrogen-bond acceptors (Lipinski definition) is 4. The number of hydrogen-bond donors (Lipinski definition) is 0. The summed E-state index contributed by atoms with van der Waals surface area (Å²) in [7, 11) is -3.35. The Morgan fingerprint density at radius 1 is 0.897 bits per heavy atom. The van der Waals surface area contributed by atoms with Gasteiger partial charge in [-0.05, 0) is 56.2 Å². The first-order valence-electron chi connectivity index (χ1n) is 11.3. The highest BCUT2D eigenvalue weighted by Gasteiger charge is 2.35. The molecule has 1 aromatic rings. The fourth-order valence-corrected chi connectivity index (χ4v) is 6.83. The molecule has 3 fully saturated rings. The van der Waals surface area contributed by atoms with Crippen molar-refractivity contribution in [2.24, 2.45) is 11.8 Å². The van der Waals surface area contributed by atoms with Gasteiger partial charge in [-0.1, -0.05) is 37.5 Å². The zero-order valence-electron chi connectivity index (χ0n) is 17.3. The van der Waals surface area contributed by atoms with Crippen molar-refractivity contribution in [1.82, 2.24) is 9.80 Å². The molecular formula is C23H34N2O3S. The first kappa shape index (κ1) is 20.9. The van der Waals surface area contributed by atoms with E-state index in [1.54, 1.807) is 29.2 Å². The van der Waals surface area contributed by atoms with Crippen molar-refractivity contribution in [3.8, 4) is 0 Å². The Bertz CT molecular complexity index is 796. The predicted octanol–water partition coefficient (Wildman–Crippen LogP) is 3.35. The quantitative estimate of drug-likeness (QED) is 0.736. The smallest absolute Gasteiger partial charge is 0.222 e. The molecule has 2 aliphatic heterocycles. The van der Waals surface area contributed by atoms with Gasteiger partial charge in [0, 0.05) is 32.1 Å². The van der Waals surface area contributed by atoms with E-state index in [4.69, 9.17) is 0 Å². The molecule has 6 heteroatoms. The third-order valence-electron chi connectivity index (χ3n) is 7.35. The number of likely N-dealkylation sites (tertiary alicyclic amines) is 2. The van der Waals surface area contributed by atoms with E-state index in [2.05, 4.69) is 4.90 Å². The molecule has 1 amide bonds. The van der Waals surface area contributed by atoms with Gasteiger partial charge in [-0.15, -0.1) is 0 Å². The van der Waals surface area contributed by atoms with E-state index in [0.717, 1.165) is 24.7 Å². The summed E-state index contributed by atoms with van der Waals surface area (Å²) >= 11 is 0. The van der Waals surface area contributed by atoms with Gasteiger partial charge >= 0.3 is 0 Å². The van der Waals surface area contributed by atoms with Gasteiger partial charge in [0.25, 0.3) is 0 Å². The lowest BCUT2D eigenvalue weighted by Gasteiger charge is -2.44. The van der Waals surface area contributed by atoms with E-state index >= 15 is 0 Å². The molecule has 1 saturated carbocycles. The Balaban J connectivity index is 1.32. The zero-order valence-corrected chi connectivity index (χ0v) is 18.2. The first-order chi connectivity index (χ1) is 14.0. The number of carbonyl (C=O) groups excluding carboxylic acids is 1. The molecule has 0 spiro atoms. The molecule has 2 saturated heterocycles. The van der Waals surface area contributed by atoms with Gasteiger partial charge in [-0.25, -0.2) is 8.42 Å². The number of sulfone groups is 1. The van der Waals surface area contributed by atoms with Crippen LogP contribution in [-0.2, 0) is 14.6 Å². The third-order valence-corrected chi connectivity index (χ3v) is 9.06. The fourth-order valence-electron chi connectivity index (χ4n) is 5.56. The van der Waals surface area contributed by atoms with Gasteiger partial charge < -0.3 is 9.80 Å². The van der Waals surface area contributed by atoms with Crippen LogP contribution in [0.25, 0.3) is 0 Å². The van der Waals surface area contributed by atoms with Gasteiger partial charge in [0.1, 0.15) is 0 Å². The van der Waals surface area contributed by atoms with Crippen molar-refractivity contribution in [1.29, 1.82) is 0 Å². The number of nitrogens with zero attached hydrogens (tertiary/aromatic N) is 2. The van der Waals surface area contributed by atoms with E-state index in [1.807, 2.05) is 6.07 Å². The maximum Gasteiger partial charge on any atom is 0.222 e. The molecule has 0 N–H and O–H groups in total. The van der Waals surface area contributed by atoms with Crippen molar-refractivity contribution < 1.29 is 13.2 Å². The van der Waals surface area contributed by atoms with E-state index in [9.17, 15) is 13.2 Å². The highest BCUT2D eigenvalue weighted by atomic mass is 32.2. The van der Waals surface area contributed by atoms with Crippen LogP contribution in [-0.4, -0.2) is 62.1 Å². The molecule has 160 valence electrons. The Morgan fingerprint density at radius 3 is 2.45 bits per heavy atom. The summed E-state index contributed by atoms with van der Waals surface area (Å²) < 4.78 is 25.1. The van der Waals surface area contributed by atoms with Crippen LogP contribution < -0.4 is 0 Å². The molecule has 1 aliphatic carbocycles. The maximum atomic E-state index is 12.6. The Kier molecular flexibility index (Phi) is 6.60. The van der Waals surface area contributed by atoms with Crippen LogP contribution in [0.2, 0.25) is 0 Å². The molecule has 29 heavy (non-hydrogen) atoms. The fraction of sp³-hybridized carbons (Fsp3) is 0.696. The van der Waals surface area contributed by atoms with Crippen LogP contribution in [0.3, 0.4) is 0 Å². The van der Waals surface area contributed by atoms with Crippen molar-refractivity contribution in [3.63, 3.8) is 0 Å². The van der Waals surface area contributed by atoms with Gasteiger partial charge in [-0.3, -0.25) is 4.79 Å². The van der Waals surface area contributed by atoms with Crippen LogP contribution in [0, 0.1) is 11.8 Å². The Hall–Kier alpha value is -1.40. The molecule has 1 unspecified atom stereocenters. The largest absolute Gasteiger partial charge is 0.342 e. The highest BCUT2D eigenvalue weighted by Crippen LogP contribution is 2.37. The summed E-state index contributed by atoms with van der Waals surface area (Å²) in [4.78, 5) is 17.4. The maximum absolute atomic E-state index is 12.6. The van der Waals surface area contributed by atoms with Gasteiger partial charge in [0.2, 0.25) is 5.91 Å². The summed E-state index contributed by atoms with van der Waals surface area (Å²) in [6.45, 7) is 3.35. The number of fused-ring (bicyclic) bond motifs is 1. The number of piperidine rings is 1. The van der Waals surface area contributed by atoms with Crippen LogP contribution in [0.15, 0.2) is 35.2 Å². The number of carbonyl (C=O) groups is 1. The predicted molar refractivity (Wildman–Crippen MR) is 114 cm³/mol. The van der Waals surface area contributed by atoms with E-state index in [0.29, 0.717) is 30.4 Å². The lowest BCUT2D eigenvalue weighted by atomic mass is 9.74. The molecule has 2 heterocycles. The Morgan fingerprint density at radius 2 is 1.66 bits per heavy atom. The molecule has 0 aromatic heterocycles. The lowest BCUT2D eigenvalue weighted by molar-refractivity contribution is -0.130. The molecule has 0 radical (unpaired) electrons. The lowest BCUT2D eigenvalue weighted by Crippen LogP contribution is -2.47. The number of amides is 1. The SMILES string of the molecule is O=C1CCC(N2CC[C@@H]3CCCC[C@H]3C2)CCN1CCS(=O)(=O)c1ccccc1. The molecule has 5 nitrogen and oxygen atoms in total. The standard InChI is InChI=1S/C23H34N2O3S/c26-23-11-10-21(25-14-12-19-6-4-5-7-20(19)18-25)13-15-24(23)16-17-29(27,28)22-8-2-1-3-9-22/h1-3,8-9,19-21H,4-7,10-18H2/t19-,20-,21?/m0/s1. The summed E-state index contributed by atoms with van der Waals surface area (Å²) in [5.41, 5.74) is 0. The topological polar surface area (TPSA) is 57.7 Å². The average molecular weight is 419 g/mol. The van der Waals surface area contributed by atoms with Crippen LogP contribution in [0.5, 0.6) is 0 Å². The second kappa shape index (κ2) is 9.17. The van der Waals surface area contributed by atoms with E-state index in [-0.39, 0.29) is 11.7 Å². The van der Waals surface area contributed by atoms with Crippen molar-refractivity contribution in [2.75, 3.05) is 31.9 Å². The molecule has 4 rings (SSSR count). The van der Waals surface area contributed by atoms with Crippen LogP contribution >= 0.6 is 0 Å². The third kappa shape index (κ3) is 5.02. The molecule has 3 aliphatic rings. The molecular weight excluding hydrogens is 384 g/mol. The monoisotopic (exact) mass is 418 g/mol. The molecule has 1 aromatic carbocycles. The van der Waals surface area contributed by atoms with Crippen LogP contribution in [0.1, 0.15) is 51.4 Å². The van der Waals surface area contributed by atoms with Gasteiger partial charge in [-0.2, -0.15) is 0 Å². The second-order valence-electron chi connectivity index (χ2n) is 9.08. The summed E-state index contributed by atoms with van der Waals surface area (Å²) in [5.74, 6) is 1.89. The second-order valence-corrected chi connectivity index (χ2v) is 11.2. The van der Waals surface area contributed by atoms with Crippen molar-refractivity contribution in [2.45, 2.75) is 62.3 Å². The molecule has 3 atom stereocenters. The normalized spacial score (nSPS) is 29.3. The number of rotatable bonds is 5. The van der Waals surface area contributed by atoms with Crippen molar-refractivity contribution in [3.05, 3.63) is 30.3 Å². The van der Waals surface area contributed by atoms with Crippen molar-refractivity contribution >= 4 is 15.7 Å². The highest BCUT2D eigenvalue weighted by molar-refractivity contribution is 7.91. The minimum atomic E-state index is -3.35. The minimum absolute atomic E-state index is 0.000881. The zero-order chi connectivity index (χ0) is 20.3. The minimum Gasteiger partial charge on any atom is -0.342 e. The van der Waals surface area contributed by atoms with Gasteiger partial charge in [0.15, 0.2) is 9.84 Å².